The van der Waals surface area contributed by atoms with E-state index >= 15 is 0 Å². The second-order valence-electron chi connectivity index (χ2n) is 9.33. The molecule has 4 rings (SSSR count). The fourth-order valence-corrected chi connectivity index (χ4v) is 4.88. The van der Waals surface area contributed by atoms with Gasteiger partial charge in [-0.25, -0.2) is 4.79 Å². The van der Waals surface area contributed by atoms with Gasteiger partial charge in [0.15, 0.2) is 0 Å². The van der Waals surface area contributed by atoms with Crippen molar-refractivity contribution >= 4 is 40.8 Å². The van der Waals surface area contributed by atoms with Crippen LogP contribution in [0.1, 0.15) is 48.7 Å². The minimum absolute atomic E-state index is 0.138. The van der Waals surface area contributed by atoms with E-state index in [9.17, 15) is 23.2 Å². The zero-order valence-electron chi connectivity index (χ0n) is 21.3. The van der Waals surface area contributed by atoms with Gasteiger partial charge in [0.2, 0.25) is 5.91 Å². The highest BCUT2D eigenvalue weighted by Gasteiger charge is 2.39. The summed E-state index contributed by atoms with van der Waals surface area (Å²) in [6, 6.07) is 19.9. The van der Waals surface area contributed by atoms with Gasteiger partial charge in [-0.05, 0) is 73.5 Å². The molecule has 0 aromatic heterocycles. The van der Waals surface area contributed by atoms with Crippen molar-refractivity contribution in [2.24, 2.45) is 0 Å². The molecule has 0 saturated carbocycles. The molecule has 7 nitrogen and oxygen atoms in total. The molecule has 1 heterocycles. The predicted octanol–water partition coefficient (Wildman–Crippen LogP) is 6.36. The standard InChI is InChI=1S/C29H27ClF2N2O5/c1-18-17-26(34(19(2)35)22-11-9-21(30)10-12-22)24-5-3-4-6-25(24)33(18)27(36)20-7-13-23(14-8-20)39-16-15-29(31,32)28(37)38/h3-14,18,26H,15-17H2,1-2H3,(H,37,38). The second kappa shape index (κ2) is 11.4. The number of rotatable bonds is 8. The number of carboxylic acid groups (broad SMARTS) is 1. The number of carboxylic acids is 1. The van der Waals surface area contributed by atoms with Crippen LogP contribution in [0.5, 0.6) is 5.75 Å². The zero-order valence-corrected chi connectivity index (χ0v) is 22.1. The summed E-state index contributed by atoms with van der Waals surface area (Å²) in [5, 5.41) is 9.08. The maximum absolute atomic E-state index is 13.6. The quantitative estimate of drug-likeness (QED) is 0.349. The maximum Gasteiger partial charge on any atom is 0.374 e. The van der Waals surface area contributed by atoms with Gasteiger partial charge in [-0.15, -0.1) is 0 Å². The molecule has 204 valence electrons. The lowest BCUT2D eigenvalue weighted by molar-refractivity contribution is -0.166. The number of benzene rings is 3. The molecule has 0 bridgehead atoms. The number of carbonyl (C=O) groups excluding carboxylic acids is 2. The highest BCUT2D eigenvalue weighted by atomic mass is 35.5. The van der Waals surface area contributed by atoms with Crippen LogP contribution in [0.2, 0.25) is 5.02 Å². The van der Waals surface area contributed by atoms with E-state index < -0.39 is 24.9 Å². The largest absolute Gasteiger partial charge is 0.493 e. The fraction of sp³-hybridized carbons (Fsp3) is 0.276. The molecular weight excluding hydrogens is 530 g/mol. The van der Waals surface area contributed by atoms with Gasteiger partial charge in [-0.3, -0.25) is 9.59 Å². The number of ether oxygens (including phenoxy) is 1. The van der Waals surface area contributed by atoms with Crippen LogP contribution in [0.25, 0.3) is 0 Å². The first kappa shape index (κ1) is 28.0. The van der Waals surface area contributed by atoms with E-state index in [-0.39, 0.29) is 29.6 Å². The Kier molecular flexibility index (Phi) is 8.20. The van der Waals surface area contributed by atoms with Gasteiger partial charge in [0, 0.05) is 34.9 Å². The summed E-state index contributed by atoms with van der Waals surface area (Å²) in [7, 11) is 0. The number of halogens is 3. The Morgan fingerprint density at radius 3 is 2.31 bits per heavy atom. The highest BCUT2D eigenvalue weighted by Crippen LogP contribution is 2.43. The lowest BCUT2D eigenvalue weighted by atomic mass is 9.89. The van der Waals surface area contributed by atoms with E-state index in [2.05, 4.69) is 0 Å². The van der Waals surface area contributed by atoms with Crippen LogP contribution in [0, 0.1) is 0 Å². The molecule has 2 atom stereocenters. The van der Waals surface area contributed by atoms with Gasteiger partial charge in [0.1, 0.15) is 5.75 Å². The number of carbonyl (C=O) groups is 3. The molecule has 39 heavy (non-hydrogen) atoms. The SMILES string of the molecule is CC(=O)N(c1ccc(Cl)cc1)C1CC(C)N(C(=O)c2ccc(OCCC(F)(F)C(=O)O)cc2)c2ccccc21. The number of nitrogens with zero attached hydrogens (tertiary/aromatic N) is 2. The number of alkyl halides is 2. The maximum atomic E-state index is 13.6. The Hall–Kier alpha value is -3.98. The van der Waals surface area contributed by atoms with E-state index in [1.807, 2.05) is 31.2 Å². The molecule has 0 fully saturated rings. The predicted molar refractivity (Wildman–Crippen MR) is 144 cm³/mol. The molecule has 3 aromatic rings. The number of aliphatic carboxylic acids is 1. The van der Waals surface area contributed by atoms with Gasteiger partial charge in [0.05, 0.1) is 19.1 Å². The summed E-state index contributed by atoms with van der Waals surface area (Å²) in [5.41, 5.74) is 2.57. The molecule has 1 N–H and O–H groups in total. The summed E-state index contributed by atoms with van der Waals surface area (Å²) in [4.78, 5) is 40.4. The number of fused-ring (bicyclic) bond motifs is 1. The van der Waals surface area contributed by atoms with Crippen LogP contribution in [0.3, 0.4) is 0 Å². The van der Waals surface area contributed by atoms with Crippen LogP contribution in [0.4, 0.5) is 20.2 Å². The molecule has 0 saturated heterocycles. The van der Waals surface area contributed by atoms with E-state index in [4.69, 9.17) is 21.4 Å². The number of hydrogen-bond donors (Lipinski definition) is 1. The van der Waals surface area contributed by atoms with Gasteiger partial charge in [-0.2, -0.15) is 8.78 Å². The average Bonchev–Trinajstić information content (AvgIpc) is 2.89. The summed E-state index contributed by atoms with van der Waals surface area (Å²) in [5.74, 6) is -6.25. The minimum atomic E-state index is -3.88. The van der Waals surface area contributed by atoms with Crippen molar-refractivity contribution in [1.29, 1.82) is 0 Å². The van der Waals surface area contributed by atoms with Crippen molar-refractivity contribution in [2.45, 2.75) is 44.7 Å². The smallest absolute Gasteiger partial charge is 0.374 e. The Labute approximate surface area is 229 Å². The van der Waals surface area contributed by atoms with Gasteiger partial charge in [0.25, 0.3) is 5.91 Å². The van der Waals surface area contributed by atoms with E-state index in [1.54, 1.807) is 34.1 Å². The number of hydrogen-bond acceptors (Lipinski definition) is 4. The molecular formula is C29H27ClF2N2O5. The molecule has 1 aliphatic heterocycles. The average molecular weight is 557 g/mol. The molecule has 2 amide bonds. The Morgan fingerprint density at radius 2 is 1.69 bits per heavy atom. The molecule has 0 aliphatic carbocycles. The van der Waals surface area contributed by atoms with Crippen LogP contribution in [0.15, 0.2) is 72.8 Å². The summed E-state index contributed by atoms with van der Waals surface area (Å²) < 4.78 is 31.8. The third kappa shape index (κ3) is 6.04. The van der Waals surface area contributed by atoms with Gasteiger partial charge in [-0.1, -0.05) is 29.8 Å². The summed E-state index contributed by atoms with van der Waals surface area (Å²) in [6.45, 7) is 2.93. The molecule has 0 spiro atoms. The Balaban J connectivity index is 1.57. The first-order chi connectivity index (χ1) is 18.5. The zero-order chi connectivity index (χ0) is 28.3. The fourth-order valence-electron chi connectivity index (χ4n) is 4.76. The van der Waals surface area contributed by atoms with Crippen molar-refractivity contribution in [1.82, 2.24) is 0 Å². The first-order valence-corrected chi connectivity index (χ1v) is 12.7. The first-order valence-electron chi connectivity index (χ1n) is 12.3. The topological polar surface area (TPSA) is 87.2 Å². The van der Waals surface area contributed by atoms with Crippen LogP contribution < -0.4 is 14.5 Å². The Bertz CT molecular complexity index is 1360. The second-order valence-corrected chi connectivity index (χ2v) is 9.77. The number of para-hydroxylation sites is 1. The van der Waals surface area contributed by atoms with Crippen molar-refractivity contribution in [2.75, 3.05) is 16.4 Å². The van der Waals surface area contributed by atoms with Crippen molar-refractivity contribution in [3.8, 4) is 5.75 Å². The number of anilines is 2. The molecule has 0 radical (unpaired) electrons. The molecule has 10 heteroatoms. The van der Waals surface area contributed by atoms with Crippen LogP contribution >= 0.6 is 11.6 Å². The Morgan fingerprint density at radius 1 is 1.05 bits per heavy atom. The minimum Gasteiger partial charge on any atom is -0.493 e. The van der Waals surface area contributed by atoms with Crippen molar-refractivity contribution < 1.29 is 33.0 Å². The van der Waals surface area contributed by atoms with Crippen molar-refractivity contribution in [3.63, 3.8) is 0 Å². The van der Waals surface area contributed by atoms with Crippen LogP contribution in [-0.2, 0) is 9.59 Å². The summed E-state index contributed by atoms with van der Waals surface area (Å²) >= 11 is 6.06. The lowest BCUT2D eigenvalue weighted by Gasteiger charge is -2.43. The monoisotopic (exact) mass is 556 g/mol. The molecule has 2 unspecified atom stereocenters. The lowest BCUT2D eigenvalue weighted by Crippen LogP contribution is -2.47. The molecule has 3 aromatic carbocycles. The van der Waals surface area contributed by atoms with Gasteiger partial charge < -0.3 is 19.6 Å². The van der Waals surface area contributed by atoms with E-state index in [0.29, 0.717) is 28.4 Å². The van der Waals surface area contributed by atoms with Crippen molar-refractivity contribution in [3.05, 3.63) is 88.9 Å². The normalized spacial score (nSPS) is 16.8. The van der Waals surface area contributed by atoms with E-state index in [1.165, 1.54) is 31.2 Å². The van der Waals surface area contributed by atoms with Gasteiger partial charge >= 0.3 is 11.9 Å². The highest BCUT2D eigenvalue weighted by molar-refractivity contribution is 6.30. The van der Waals surface area contributed by atoms with Crippen LogP contribution in [-0.4, -0.2) is 41.5 Å². The third-order valence-corrected chi connectivity index (χ3v) is 6.89. The third-order valence-electron chi connectivity index (χ3n) is 6.63. The number of amides is 2. The summed E-state index contributed by atoms with van der Waals surface area (Å²) in [6.07, 6.45) is -0.483. The van der Waals surface area contributed by atoms with E-state index in [0.717, 1.165) is 5.56 Å². The molecule has 1 aliphatic rings.